The summed E-state index contributed by atoms with van der Waals surface area (Å²) < 4.78 is 63.6. The minimum absolute atomic E-state index is 0.0739. The number of hydrogen-bond donors (Lipinski definition) is 0. The van der Waals surface area contributed by atoms with Gasteiger partial charge in [0.1, 0.15) is 17.2 Å². The van der Waals surface area contributed by atoms with Crippen molar-refractivity contribution in [2.75, 3.05) is 33.0 Å². The quantitative estimate of drug-likeness (QED) is 0.116. The zero-order chi connectivity index (χ0) is 29.7. The molecule has 224 valence electrons. The number of carbonyl (C=O) groups excluding carboxylic acids is 1. The fraction of sp³-hybridized carbons (Fsp3) is 0.424. The normalized spacial score (nSPS) is 16.7. The lowest BCUT2D eigenvalue weighted by Crippen LogP contribution is -2.43. The van der Waals surface area contributed by atoms with E-state index in [9.17, 15) is 18.0 Å². The number of benzene rings is 3. The van der Waals surface area contributed by atoms with Crippen LogP contribution in [0.5, 0.6) is 17.2 Å². The van der Waals surface area contributed by atoms with E-state index in [0.717, 1.165) is 92.2 Å². The summed E-state index contributed by atoms with van der Waals surface area (Å²) in [7, 11) is 0. The summed E-state index contributed by atoms with van der Waals surface area (Å²) in [6.45, 7) is 8.08. The lowest BCUT2D eigenvalue weighted by atomic mass is 9.90. The topological polar surface area (TPSA) is 63.2 Å². The van der Waals surface area contributed by atoms with Gasteiger partial charge in [-0.3, -0.25) is 0 Å². The Labute approximate surface area is 243 Å². The Morgan fingerprint density at radius 1 is 0.857 bits per heavy atom. The summed E-state index contributed by atoms with van der Waals surface area (Å²) in [5.74, 6) is 0.194. The molecule has 1 heterocycles. The highest BCUT2D eigenvalue weighted by molar-refractivity contribution is 5.91. The molecule has 5 rings (SSSR count). The minimum atomic E-state index is -4.80. The van der Waals surface area contributed by atoms with Crippen molar-refractivity contribution in [3.63, 3.8) is 0 Å². The van der Waals surface area contributed by atoms with Gasteiger partial charge in [0.05, 0.1) is 32.0 Å². The fourth-order valence-corrected chi connectivity index (χ4v) is 5.27. The third-order valence-electron chi connectivity index (χ3n) is 7.61. The van der Waals surface area contributed by atoms with Crippen molar-refractivity contribution >= 4 is 5.97 Å². The van der Waals surface area contributed by atoms with Gasteiger partial charge in [0.2, 0.25) is 0 Å². The Morgan fingerprint density at radius 2 is 1.45 bits per heavy atom. The number of carbonyl (C=O) groups is 1. The minimum Gasteiger partial charge on any atom is -0.494 e. The van der Waals surface area contributed by atoms with E-state index in [2.05, 4.69) is 30.7 Å². The molecule has 0 spiro atoms. The van der Waals surface area contributed by atoms with Gasteiger partial charge < -0.3 is 23.7 Å². The Hall–Kier alpha value is -3.56. The van der Waals surface area contributed by atoms with Crippen molar-refractivity contribution in [2.24, 2.45) is 5.41 Å². The lowest BCUT2D eigenvalue weighted by molar-refractivity contribution is -0.274. The maximum atomic E-state index is 12.6. The third kappa shape index (κ3) is 7.44. The molecule has 0 N–H and O–H groups in total. The zero-order valence-corrected chi connectivity index (χ0v) is 23.8. The highest BCUT2D eigenvalue weighted by atomic mass is 19.4. The first kappa shape index (κ1) is 29.9. The number of hydrogen-bond acceptors (Lipinski definition) is 6. The first-order valence-corrected chi connectivity index (χ1v) is 14.2. The van der Waals surface area contributed by atoms with E-state index >= 15 is 0 Å². The van der Waals surface area contributed by atoms with Gasteiger partial charge in [-0.15, -0.1) is 13.2 Å². The molecule has 0 amide bonds. The first-order chi connectivity index (χ1) is 20.1. The molecule has 1 aliphatic heterocycles. The van der Waals surface area contributed by atoms with E-state index in [1.807, 2.05) is 18.2 Å². The summed E-state index contributed by atoms with van der Waals surface area (Å²) in [6.07, 6.45) is -0.577. The van der Waals surface area contributed by atoms with Crippen molar-refractivity contribution < 1.29 is 41.7 Å². The van der Waals surface area contributed by atoms with Crippen LogP contribution in [0.2, 0.25) is 0 Å². The predicted molar refractivity (Wildman–Crippen MR) is 151 cm³/mol. The molecule has 6 nitrogen and oxygen atoms in total. The van der Waals surface area contributed by atoms with Crippen LogP contribution in [0.4, 0.5) is 13.2 Å². The smallest absolute Gasteiger partial charge is 0.494 e. The van der Waals surface area contributed by atoms with Crippen molar-refractivity contribution in [1.29, 1.82) is 0 Å². The Morgan fingerprint density at radius 3 is 2.07 bits per heavy atom. The van der Waals surface area contributed by atoms with E-state index in [0.29, 0.717) is 12.4 Å². The SMILES string of the molecule is CC1c2cc(OCCCCCCOCC3(C)COC3)ccc2-c2ccc(OC(=O)c3ccc(OC(F)(F)F)cc3)cc21. The lowest BCUT2D eigenvalue weighted by Gasteiger charge is -2.37. The molecular formula is C33H35F3O6. The monoisotopic (exact) mass is 584 g/mol. The molecule has 0 aromatic heterocycles. The molecular weight excluding hydrogens is 549 g/mol. The average molecular weight is 585 g/mol. The first-order valence-electron chi connectivity index (χ1n) is 14.2. The number of rotatable bonds is 13. The second-order valence-corrected chi connectivity index (χ2v) is 11.3. The predicted octanol–water partition coefficient (Wildman–Crippen LogP) is 7.93. The van der Waals surface area contributed by atoms with Crippen LogP contribution in [0.15, 0.2) is 60.7 Å². The molecule has 1 fully saturated rings. The van der Waals surface area contributed by atoms with E-state index in [-0.39, 0.29) is 16.9 Å². The second kappa shape index (κ2) is 12.8. The van der Waals surface area contributed by atoms with Crippen molar-refractivity contribution in [3.8, 4) is 28.4 Å². The average Bonchev–Trinajstić information content (AvgIpc) is 3.21. The van der Waals surface area contributed by atoms with Gasteiger partial charge in [-0.05, 0) is 90.0 Å². The van der Waals surface area contributed by atoms with Crippen LogP contribution in [0, 0.1) is 5.41 Å². The third-order valence-corrected chi connectivity index (χ3v) is 7.61. The van der Waals surface area contributed by atoms with Crippen molar-refractivity contribution in [2.45, 2.75) is 51.8 Å². The zero-order valence-electron chi connectivity index (χ0n) is 23.8. The van der Waals surface area contributed by atoms with Gasteiger partial charge in [0, 0.05) is 17.9 Å². The Kier molecular flexibility index (Phi) is 9.08. The molecule has 0 bridgehead atoms. The van der Waals surface area contributed by atoms with Crippen molar-refractivity contribution in [1.82, 2.24) is 0 Å². The summed E-state index contributed by atoms with van der Waals surface area (Å²) in [4.78, 5) is 12.6. The van der Waals surface area contributed by atoms with Crippen LogP contribution < -0.4 is 14.2 Å². The molecule has 0 saturated carbocycles. The van der Waals surface area contributed by atoms with Crippen LogP contribution in [0.25, 0.3) is 11.1 Å². The number of esters is 1. The van der Waals surface area contributed by atoms with Gasteiger partial charge in [0.15, 0.2) is 0 Å². The highest BCUT2D eigenvalue weighted by Gasteiger charge is 2.33. The van der Waals surface area contributed by atoms with Gasteiger partial charge >= 0.3 is 12.3 Å². The summed E-state index contributed by atoms with van der Waals surface area (Å²) in [6, 6.07) is 16.2. The number of alkyl halides is 3. The maximum absolute atomic E-state index is 12.6. The van der Waals surface area contributed by atoms with Gasteiger partial charge in [-0.1, -0.05) is 32.4 Å². The molecule has 1 aliphatic carbocycles. The maximum Gasteiger partial charge on any atom is 0.573 e. The standard InChI is InChI=1S/C33H35F3O6/c1-22-29-17-25(40-16-6-4-3-5-15-38-19-32(2)20-39-21-32)11-13-27(29)28-14-12-26(18-30(22)28)41-31(37)23-7-9-24(10-8-23)42-33(34,35)36/h7-14,17-18,22H,3-6,15-16,19-21H2,1-2H3. The number of ether oxygens (including phenoxy) is 5. The van der Waals surface area contributed by atoms with Crippen LogP contribution in [-0.4, -0.2) is 45.4 Å². The van der Waals surface area contributed by atoms with Crippen LogP contribution in [-0.2, 0) is 9.47 Å². The molecule has 1 saturated heterocycles. The molecule has 42 heavy (non-hydrogen) atoms. The number of fused-ring (bicyclic) bond motifs is 3. The summed E-state index contributed by atoms with van der Waals surface area (Å²) >= 11 is 0. The van der Waals surface area contributed by atoms with Crippen LogP contribution >= 0.6 is 0 Å². The van der Waals surface area contributed by atoms with E-state index in [1.54, 1.807) is 6.07 Å². The molecule has 1 unspecified atom stereocenters. The molecule has 1 atom stereocenters. The second-order valence-electron chi connectivity index (χ2n) is 11.3. The summed E-state index contributed by atoms with van der Waals surface area (Å²) in [5.41, 5.74) is 4.68. The van der Waals surface area contributed by atoms with Gasteiger partial charge in [0.25, 0.3) is 0 Å². The van der Waals surface area contributed by atoms with E-state index in [1.165, 1.54) is 12.1 Å². The van der Waals surface area contributed by atoms with E-state index in [4.69, 9.17) is 18.9 Å². The van der Waals surface area contributed by atoms with Crippen molar-refractivity contribution in [3.05, 3.63) is 77.4 Å². The highest BCUT2D eigenvalue weighted by Crippen LogP contribution is 2.47. The fourth-order valence-electron chi connectivity index (χ4n) is 5.27. The summed E-state index contributed by atoms with van der Waals surface area (Å²) in [5, 5.41) is 0. The molecule has 9 heteroatoms. The molecule has 0 radical (unpaired) electrons. The van der Waals surface area contributed by atoms with Gasteiger partial charge in [-0.25, -0.2) is 4.79 Å². The van der Waals surface area contributed by atoms with Crippen LogP contribution in [0.1, 0.15) is 66.9 Å². The Bertz CT molecular complexity index is 1380. The molecule has 3 aromatic carbocycles. The number of halogens is 3. The number of unbranched alkanes of at least 4 members (excludes halogenated alkanes) is 3. The van der Waals surface area contributed by atoms with Crippen LogP contribution in [0.3, 0.4) is 0 Å². The molecule has 3 aromatic rings. The van der Waals surface area contributed by atoms with E-state index < -0.39 is 18.1 Å². The molecule has 2 aliphatic rings. The Balaban J connectivity index is 1.09. The largest absolute Gasteiger partial charge is 0.573 e. The van der Waals surface area contributed by atoms with Gasteiger partial charge in [-0.2, -0.15) is 0 Å².